The number of nitrogens with two attached hydrogens (primary N) is 1. The number of carbonyl (C=O) groups excluding carboxylic acids is 2. The molecule has 0 saturated carbocycles. The maximum atomic E-state index is 12.1. The lowest BCUT2D eigenvalue weighted by atomic mass is 10.3. The van der Waals surface area contributed by atoms with Crippen molar-refractivity contribution in [2.75, 3.05) is 19.0 Å². The summed E-state index contributed by atoms with van der Waals surface area (Å²) in [6.07, 6.45) is -1.08. The molecule has 0 radical (unpaired) electrons. The van der Waals surface area contributed by atoms with E-state index in [0.717, 1.165) is 0 Å². The first kappa shape index (κ1) is 21.2. The number of carbonyl (C=O) groups is 2. The first-order valence-electron chi connectivity index (χ1n) is 8.09. The summed E-state index contributed by atoms with van der Waals surface area (Å²) < 4.78 is 37.7. The number of ether oxygens (including phenoxy) is 3. The van der Waals surface area contributed by atoms with Crippen LogP contribution in [0.5, 0.6) is 11.5 Å². The summed E-state index contributed by atoms with van der Waals surface area (Å²) >= 11 is 0. The highest BCUT2D eigenvalue weighted by molar-refractivity contribution is 7.89. The zero-order valence-electron chi connectivity index (χ0n) is 15.2. The average Bonchev–Trinajstić information content (AvgIpc) is 2.66. The summed E-state index contributed by atoms with van der Waals surface area (Å²) in [7, 11) is -2.28. The van der Waals surface area contributed by atoms with Gasteiger partial charge in [-0.2, -0.15) is 0 Å². The fourth-order valence-electron chi connectivity index (χ4n) is 2.07. The van der Waals surface area contributed by atoms with Crippen molar-refractivity contribution in [3.8, 4) is 11.5 Å². The van der Waals surface area contributed by atoms with Crippen molar-refractivity contribution in [1.29, 1.82) is 0 Å². The molecule has 0 fully saturated rings. The molecule has 3 N–H and O–H groups in total. The topological polar surface area (TPSA) is 134 Å². The highest BCUT2D eigenvalue weighted by Gasteiger charge is 2.18. The Hall–Kier alpha value is -3.11. The van der Waals surface area contributed by atoms with Crippen molar-refractivity contribution in [3.63, 3.8) is 0 Å². The van der Waals surface area contributed by atoms with Gasteiger partial charge in [-0.05, 0) is 55.5 Å². The first-order valence-corrected chi connectivity index (χ1v) is 9.64. The summed E-state index contributed by atoms with van der Waals surface area (Å²) in [6, 6.07) is 11.9. The van der Waals surface area contributed by atoms with Gasteiger partial charge in [-0.15, -0.1) is 0 Å². The van der Waals surface area contributed by atoms with Crippen LogP contribution in [-0.2, 0) is 24.3 Å². The van der Waals surface area contributed by atoms with E-state index in [-0.39, 0.29) is 11.5 Å². The van der Waals surface area contributed by atoms with Gasteiger partial charge < -0.3 is 19.5 Å². The van der Waals surface area contributed by atoms with Crippen LogP contribution in [0.25, 0.3) is 0 Å². The zero-order chi connectivity index (χ0) is 20.7. The van der Waals surface area contributed by atoms with Gasteiger partial charge in [0.15, 0.2) is 12.7 Å². The summed E-state index contributed by atoms with van der Waals surface area (Å²) in [4.78, 5) is 23.8. The van der Waals surface area contributed by atoms with Gasteiger partial charge in [-0.1, -0.05) is 0 Å². The molecule has 0 aliphatic rings. The van der Waals surface area contributed by atoms with Gasteiger partial charge in [0.1, 0.15) is 11.5 Å². The second-order valence-corrected chi connectivity index (χ2v) is 7.22. The number of amides is 1. The Morgan fingerprint density at radius 1 is 1.04 bits per heavy atom. The summed E-state index contributed by atoms with van der Waals surface area (Å²) in [5.41, 5.74) is 0.329. The number of esters is 1. The van der Waals surface area contributed by atoms with Crippen molar-refractivity contribution in [3.05, 3.63) is 48.5 Å². The minimum absolute atomic E-state index is 0.0827. The van der Waals surface area contributed by atoms with E-state index in [4.69, 9.17) is 19.3 Å². The number of nitrogens with one attached hydrogen (secondary N) is 1. The average molecular weight is 408 g/mol. The number of benzene rings is 2. The van der Waals surface area contributed by atoms with Crippen molar-refractivity contribution >= 4 is 27.6 Å². The molecule has 0 spiro atoms. The van der Waals surface area contributed by atoms with Crippen LogP contribution in [0.4, 0.5) is 5.69 Å². The van der Waals surface area contributed by atoms with Gasteiger partial charge in [-0.25, -0.2) is 18.4 Å². The monoisotopic (exact) mass is 408 g/mol. The molecule has 2 aromatic carbocycles. The fraction of sp³-hybridized carbons (Fsp3) is 0.222. The van der Waals surface area contributed by atoms with Crippen molar-refractivity contribution in [1.82, 2.24) is 0 Å². The standard InChI is InChI=1S/C18H20N2O7S/c1-12(18(22)20-13-3-9-16(10-4-13)28(19,23)24)27-17(21)11-26-15-7-5-14(25-2)6-8-15/h3-10,12H,11H2,1-2H3,(H,20,22)(H2,19,23,24)/t12-/m0/s1. The lowest BCUT2D eigenvalue weighted by Gasteiger charge is -2.14. The molecule has 0 saturated heterocycles. The Labute approximate surface area is 162 Å². The largest absolute Gasteiger partial charge is 0.497 e. The summed E-state index contributed by atoms with van der Waals surface area (Å²) in [5.74, 6) is -0.202. The van der Waals surface area contributed by atoms with Crippen LogP contribution in [0.2, 0.25) is 0 Å². The van der Waals surface area contributed by atoms with E-state index in [1.54, 1.807) is 24.3 Å². The quantitative estimate of drug-likeness (QED) is 0.629. The Bertz CT molecular complexity index is 925. The smallest absolute Gasteiger partial charge is 0.344 e. The lowest BCUT2D eigenvalue weighted by molar-refractivity contribution is -0.155. The molecule has 28 heavy (non-hydrogen) atoms. The third-order valence-electron chi connectivity index (χ3n) is 3.54. The van der Waals surface area contributed by atoms with Crippen LogP contribution in [0, 0.1) is 0 Å². The molecule has 0 bridgehead atoms. The SMILES string of the molecule is COc1ccc(OCC(=O)O[C@@H](C)C(=O)Nc2ccc(S(N)(=O)=O)cc2)cc1. The molecule has 0 heterocycles. The van der Waals surface area contributed by atoms with E-state index < -0.39 is 28.0 Å². The summed E-state index contributed by atoms with van der Waals surface area (Å²) in [5, 5.41) is 7.51. The molecule has 0 aromatic heterocycles. The molecule has 2 aromatic rings. The van der Waals surface area contributed by atoms with Crippen LogP contribution in [-0.4, -0.2) is 40.1 Å². The Balaban J connectivity index is 1.82. The van der Waals surface area contributed by atoms with Gasteiger partial charge in [0, 0.05) is 5.69 Å². The Morgan fingerprint density at radius 2 is 1.61 bits per heavy atom. The number of methoxy groups -OCH3 is 1. The number of sulfonamides is 1. The Kier molecular flexibility index (Phi) is 6.96. The van der Waals surface area contributed by atoms with E-state index in [1.807, 2.05) is 0 Å². The molecule has 1 atom stereocenters. The molecule has 0 unspecified atom stereocenters. The highest BCUT2D eigenvalue weighted by atomic mass is 32.2. The molecular weight excluding hydrogens is 388 g/mol. The highest BCUT2D eigenvalue weighted by Crippen LogP contribution is 2.17. The number of anilines is 1. The fourth-order valence-corrected chi connectivity index (χ4v) is 2.59. The van der Waals surface area contributed by atoms with Gasteiger partial charge in [0.05, 0.1) is 12.0 Å². The molecule has 10 heteroatoms. The maximum absolute atomic E-state index is 12.1. The number of hydrogen-bond acceptors (Lipinski definition) is 7. The lowest BCUT2D eigenvalue weighted by Crippen LogP contribution is -2.31. The number of primary sulfonamides is 1. The zero-order valence-corrected chi connectivity index (χ0v) is 16.1. The number of rotatable bonds is 8. The molecule has 0 aliphatic heterocycles. The normalized spacial score (nSPS) is 12.0. The van der Waals surface area contributed by atoms with Crippen LogP contribution in [0.1, 0.15) is 6.92 Å². The second kappa shape index (κ2) is 9.20. The van der Waals surface area contributed by atoms with Crippen LogP contribution in [0.15, 0.2) is 53.4 Å². The minimum Gasteiger partial charge on any atom is -0.497 e. The molecular formula is C18H20N2O7S. The molecule has 9 nitrogen and oxygen atoms in total. The van der Waals surface area contributed by atoms with E-state index in [0.29, 0.717) is 17.2 Å². The van der Waals surface area contributed by atoms with E-state index in [2.05, 4.69) is 5.32 Å². The van der Waals surface area contributed by atoms with Gasteiger partial charge in [-0.3, -0.25) is 4.79 Å². The molecule has 2 rings (SSSR count). The van der Waals surface area contributed by atoms with Gasteiger partial charge in [0.2, 0.25) is 10.0 Å². The predicted octanol–water partition coefficient (Wildman–Crippen LogP) is 1.29. The van der Waals surface area contributed by atoms with Crippen molar-refractivity contribution in [2.45, 2.75) is 17.9 Å². The number of hydrogen-bond donors (Lipinski definition) is 2. The van der Waals surface area contributed by atoms with Crippen LogP contribution < -0.4 is 19.9 Å². The molecule has 1 amide bonds. The van der Waals surface area contributed by atoms with E-state index >= 15 is 0 Å². The third-order valence-corrected chi connectivity index (χ3v) is 4.47. The van der Waals surface area contributed by atoms with Crippen LogP contribution in [0.3, 0.4) is 0 Å². The maximum Gasteiger partial charge on any atom is 0.344 e. The second-order valence-electron chi connectivity index (χ2n) is 5.65. The van der Waals surface area contributed by atoms with Gasteiger partial charge in [0.25, 0.3) is 5.91 Å². The van der Waals surface area contributed by atoms with Crippen molar-refractivity contribution in [2.24, 2.45) is 5.14 Å². The van der Waals surface area contributed by atoms with Crippen molar-refractivity contribution < 1.29 is 32.2 Å². The van der Waals surface area contributed by atoms with Gasteiger partial charge >= 0.3 is 5.97 Å². The minimum atomic E-state index is -3.82. The van der Waals surface area contributed by atoms with E-state index in [1.165, 1.54) is 38.3 Å². The molecule has 0 aliphatic carbocycles. The first-order chi connectivity index (χ1) is 13.2. The third kappa shape index (κ3) is 6.25. The molecule has 150 valence electrons. The summed E-state index contributed by atoms with van der Waals surface area (Å²) in [6.45, 7) is 1.03. The van der Waals surface area contributed by atoms with Crippen LogP contribution >= 0.6 is 0 Å². The Morgan fingerprint density at radius 3 is 2.14 bits per heavy atom. The van der Waals surface area contributed by atoms with E-state index in [9.17, 15) is 18.0 Å². The predicted molar refractivity (Wildman–Crippen MR) is 100 cm³/mol.